The van der Waals surface area contributed by atoms with Crippen LogP contribution in [-0.2, 0) is 17.7 Å². The van der Waals surface area contributed by atoms with E-state index in [-0.39, 0.29) is 6.61 Å². The third-order valence-corrected chi connectivity index (χ3v) is 3.89. The van der Waals surface area contributed by atoms with Crippen LogP contribution < -0.4 is 0 Å². The van der Waals surface area contributed by atoms with Crippen molar-refractivity contribution in [1.29, 1.82) is 0 Å². The topological polar surface area (TPSA) is 60.2 Å². The molecular weight excluding hydrogens is 218 g/mol. The molecule has 0 aliphatic carbocycles. The Bertz CT molecular complexity index is 404. The number of ether oxygens (including phenoxy) is 1. The molecule has 0 amide bonds. The second-order valence-electron chi connectivity index (χ2n) is 5.25. The van der Waals surface area contributed by atoms with E-state index in [1.807, 2.05) is 0 Å². The van der Waals surface area contributed by atoms with Crippen molar-refractivity contribution in [2.24, 2.45) is 5.92 Å². The molecule has 0 spiro atoms. The third-order valence-electron chi connectivity index (χ3n) is 3.89. The molecule has 0 radical (unpaired) electrons. The molecule has 1 saturated heterocycles. The van der Waals surface area contributed by atoms with Gasteiger partial charge in [-0.2, -0.15) is 0 Å². The fraction of sp³-hybridized carbons (Fsp3) is 0.833. The Morgan fingerprint density at radius 1 is 1.47 bits per heavy atom. The maximum absolute atomic E-state index is 9.27. The average Bonchev–Trinajstić information content (AvgIpc) is 2.93. The van der Waals surface area contributed by atoms with Crippen LogP contribution in [0, 0.1) is 5.92 Å². The summed E-state index contributed by atoms with van der Waals surface area (Å²) in [6.07, 6.45) is 3.31. The van der Waals surface area contributed by atoms with Gasteiger partial charge in [0.15, 0.2) is 0 Å². The van der Waals surface area contributed by atoms with Gasteiger partial charge in [0.05, 0.1) is 12.7 Å². The van der Waals surface area contributed by atoms with Gasteiger partial charge in [-0.05, 0) is 19.8 Å². The summed E-state index contributed by atoms with van der Waals surface area (Å²) >= 11 is 0. The summed E-state index contributed by atoms with van der Waals surface area (Å²) in [6.45, 7) is 3.97. The van der Waals surface area contributed by atoms with Gasteiger partial charge in [0.1, 0.15) is 11.6 Å². The summed E-state index contributed by atoms with van der Waals surface area (Å²) in [5.41, 5.74) is 0. The first-order valence-corrected chi connectivity index (χ1v) is 6.42. The van der Waals surface area contributed by atoms with E-state index >= 15 is 0 Å². The number of aromatic nitrogens is 3. The Labute approximate surface area is 101 Å². The van der Waals surface area contributed by atoms with Crippen molar-refractivity contribution < 1.29 is 9.84 Å². The summed E-state index contributed by atoms with van der Waals surface area (Å²) in [7, 11) is 0. The standard InChI is InChI=1S/C12H19N3O2/c1-8-4-10(7-17-8)12-14-13-11-3-2-9(6-16)5-15(11)12/h8-10,16H,2-7H2,1H3. The Morgan fingerprint density at radius 2 is 2.35 bits per heavy atom. The first kappa shape index (κ1) is 11.2. The molecule has 1 fully saturated rings. The highest BCUT2D eigenvalue weighted by Crippen LogP contribution is 2.30. The minimum Gasteiger partial charge on any atom is -0.396 e. The van der Waals surface area contributed by atoms with Gasteiger partial charge in [-0.15, -0.1) is 10.2 Å². The van der Waals surface area contributed by atoms with Crippen molar-refractivity contribution in [2.45, 2.75) is 44.8 Å². The van der Waals surface area contributed by atoms with Crippen LogP contribution in [0.1, 0.15) is 37.3 Å². The average molecular weight is 237 g/mol. The molecule has 1 aromatic heterocycles. The van der Waals surface area contributed by atoms with Gasteiger partial charge in [0.25, 0.3) is 0 Å². The molecule has 94 valence electrons. The van der Waals surface area contributed by atoms with Crippen LogP contribution in [0.4, 0.5) is 0 Å². The molecule has 3 rings (SSSR count). The lowest BCUT2D eigenvalue weighted by atomic mass is 9.99. The molecule has 2 aliphatic heterocycles. The van der Waals surface area contributed by atoms with Crippen LogP contribution in [0.25, 0.3) is 0 Å². The van der Waals surface area contributed by atoms with Crippen molar-refractivity contribution in [1.82, 2.24) is 14.8 Å². The molecular formula is C12H19N3O2. The molecule has 3 heterocycles. The largest absolute Gasteiger partial charge is 0.396 e. The molecule has 5 nitrogen and oxygen atoms in total. The van der Waals surface area contributed by atoms with Gasteiger partial charge in [0, 0.05) is 31.4 Å². The summed E-state index contributed by atoms with van der Waals surface area (Å²) in [6, 6.07) is 0. The number of fused-ring (bicyclic) bond motifs is 1. The molecule has 2 aliphatic rings. The van der Waals surface area contributed by atoms with E-state index in [0.717, 1.165) is 44.1 Å². The van der Waals surface area contributed by atoms with Crippen LogP contribution in [0.3, 0.4) is 0 Å². The van der Waals surface area contributed by atoms with Crippen LogP contribution in [0.5, 0.6) is 0 Å². The SMILES string of the molecule is CC1CC(c2nnc3n2CC(CO)CC3)CO1. The molecule has 1 aromatic rings. The van der Waals surface area contributed by atoms with Gasteiger partial charge in [-0.25, -0.2) is 0 Å². The van der Waals surface area contributed by atoms with E-state index in [9.17, 15) is 5.11 Å². The highest BCUT2D eigenvalue weighted by atomic mass is 16.5. The maximum atomic E-state index is 9.27. The smallest absolute Gasteiger partial charge is 0.138 e. The number of aliphatic hydroxyl groups is 1. The Hall–Kier alpha value is -0.940. The van der Waals surface area contributed by atoms with Crippen molar-refractivity contribution in [3.05, 3.63) is 11.6 Å². The van der Waals surface area contributed by atoms with Crippen molar-refractivity contribution in [2.75, 3.05) is 13.2 Å². The van der Waals surface area contributed by atoms with Crippen LogP contribution in [0.2, 0.25) is 0 Å². The fourth-order valence-corrected chi connectivity index (χ4v) is 2.86. The fourth-order valence-electron chi connectivity index (χ4n) is 2.86. The number of aliphatic hydroxyl groups excluding tert-OH is 1. The van der Waals surface area contributed by atoms with E-state index < -0.39 is 0 Å². The molecule has 0 saturated carbocycles. The monoisotopic (exact) mass is 237 g/mol. The second kappa shape index (κ2) is 4.38. The summed E-state index contributed by atoms with van der Waals surface area (Å²) in [5.74, 6) is 2.87. The van der Waals surface area contributed by atoms with Crippen molar-refractivity contribution >= 4 is 0 Å². The molecule has 1 N–H and O–H groups in total. The normalized spacial score (nSPS) is 32.7. The van der Waals surface area contributed by atoms with Gasteiger partial charge in [0.2, 0.25) is 0 Å². The number of hydrogen-bond acceptors (Lipinski definition) is 4. The molecule has 3 unspecified atom stereocenters. The highest BCUT2D eigenvalue weighted by Gasteiger charge is 2.31. The zero-order valence-electron chi connectivity index (χ0n) is 10.2. The summed E-state index contributed by atoms with van der Waals surface area (Å²) in [5, 5.41) is 17.9. The Kier molecular flexibility index (Phi) is 2.88. The first-order valence-electron chi connectivity index (χ1n) is 6.42. The summed E-state index contributed by atoms with van der Waals surface area (Å²) in [4.78, 5) is 0. The highest BCUT2D eigenvalue weighted by molar-refractivity contribution is 5.07. The van der Waals surface area contributed by atoms with Gasteiger partial charge >= 0.3 is 0 Å². The van der Waals surface area contributed by atoms with Gasteiger partial charge in [-0.3, -0.25) is 0 Å². The molecule has 0 bridgehead atoms. The second-order valence-corrected chi connectivity index (χ2v) is 5.25. The van der Waals surface area contributed by atoms with Gasteiger partial charge < -0.3 is 14.4 Å². The first-order chi connectivity index (χ1) is 8.28. The minimum absolute atomic E-state index is 0.259. The van der Waals surface area contributed by atoms with E-state index in [1.165, 1.54) is 0 Å². The lowest BCUT2D eigenvalue weighted by molar-refractivity contribution is 0.123. The minimum atomic E-state index is 0.259. The maximum Gasteiger partial charge on any atom is 0.138 e. The molecule has 5 heteroatoms. The Balaban J connectivity index is 1.84. The van der Waals surface area contributed by atoms with Crippen LogP contribution in [-0.4, -0.2) is 39.2 Å². The lowest BCUT2D eigenvalue weighted by Gasteiger charge is -2.23. The molecule has 0 aromatic carbocycles. The predicted octanol–water partition coefficient (Wildman–Crippen LogP) is 0.725. The van der Waals surface area contributed by atoms with E-state index in [4.69, 9.17) is 4.74 Å². The number of rotatable bonds is 2. The zero-order chi connectivity index (χ0) is 11.8. The van der Waals surface area contributed by atoms with E-state index in [0.29, 0.717) is 17.9 Å². The molecule has 17 heavy (non-hydrogen) atoms. The Morgan fingerprint density at radius 3 is 3.06 bits per heavy atom. The van der Waals surface area contributed by atoms with E-state index in [1.54, 1.807) is 0 Å². The van der Waals surface area contributed by atoms with E-state index in [2.05, 4.69) is 21.7 Å². The number of aryl methyl sites for hydroxylation is 1. The van der Waals surface area contributed by atoms with Crippen LogP contribution >= 0.6 is 0 Å². The number of nitrogens with zero attached hydrogens (tertiary/aromatic N) is 3. The van der Waals surface area contributed by atoms with Gasteiger partial charge in [-0.1, -0.05) is 0 Å². The number of hydrogen-bond donors (Lipinski definition) is 1. The molecule has 3 atom stereocenters. The quantitative estimate of drug-likeness (QED) is 0.823. The lowest BCUT2D eigenvalue weighted by Crippen LogP contribution is -2.25. The van der Waals surface area contributed by atoms with Crippen molar-refractivity contribution in [3.8, 4) is 0 Å². The predicted molar refractivity (Wildman–Crippen MR) is 61.7 cm³/mol. The zero-order valence-corrected chi connectivity index (χ0v) is 10.2. The van der Waals surface area contributed by atoms with Crippen LogP contribution in [0.15, 0.2) is 0 Å². The summed E-state index contributed by atoms with van der Waals surface area (Å²) < 4.78 is 7.81. The third kappa shape index (κ3) is 1.98. The van der Waals surface area contributed by atoms with Crippen molar-refractivity contribution in [3.63, 3.8) is 0 Å².